The van der Waals surface area contributed by atoms with E-state index in [0.717, 1.165) is 46.4 Å². The van der Waals surface area contributed by atoms with E-state index in [1.54, 1.807) is 6.08 Å². The fourth-order valence-electron chi connectivity index (χ4n) is 6.52. The van der Waals surface area contributed by atoms with Crippen LogP contribution < -0.4 is 0 Å². The molecule has 19 heteroatoms. The second-order valence-electron chi connectivity index (χ2n) is 12.9. The van der Waals surface area contributed by atoms with E-state index in [1.807, 2.05) is 0 Å². The van der Waals surface area contributed by atoms with Crippen LogP contribution in [0.25, 0.3) is 0 Å². The number of amides is 2. The molecule has 0 N–H and O–H groups in total. The van der Waals surface area contributed by atoms with Crippen LogP contribution in [0.3, 0.4) is 0 Å². The van der Waals surface area contributed by atoms with Crippen molar-refractivity contribution in [3.05, 3.63) is 48.0 Å². The number of imide groups is 1. The number of carbonyl (C=O) groups excluding carboxylic acids is 8. The molecule has 0 saturated carbocycles. The van der Waals surface area contributed by atoms with Crippen LogP contribution in [-0.4, -0.2) is 134 Å². The average Bonchev–Trinajstić information content (AvgIpc) is 3.56. The number of benzene rings is 1. The number of hydrogen-bond donors (Lipinski definition) is 0. The maximum atomic E-state index is 13.9. The number of fused-ring (bicyclic) bond motifs is 1. The molecule has 2 saturated heterocycles. The molecule has 6 unspecified atom stereocenters. The first-order valence-corrected chi connectivity index (χ1v) is 17.6. The van der Waals surface area contributed by atoms with Gasteiger partial charge in [0.15, 0.2) is 43.1 Å². The lowest BCUT2D eigenvalue weighted by Crippen LogP contribution is -2.67. The summed E-state index contributed by atoms with van der Waals surface area (Å²) in [4.78, 5) is 103. The molecule has 0 radical (unpaired) electrons. The zero-order chi connectivity index (χ0) is 41.3. The standard InChI is InChI=1S/C37H45NO18/c1-8-9-12-15-47-37-33(54-23(7)44)32(53-22(6)43)30(56-37)26(50-19(3)40)17-49-36-28(38-34(45)24-13-10-11-14-25(24)35(38)46)31(52-21(5)42)29(51-20(4)41)27(55-36)16-48-18(2)39/h8,10-11,13-14,26-33,36-37H,1,9,12,15-17H2,2-7H3/t26?,27?,28?,29-,30+,31?,32?,33?,36-,37+/m1/s1. The van der Waals surface area contributed by atoms with Crippen molar-refractivity contribution < 1.29 is 85.7 Å². The molecule has 3 aliphatic heterocycles. The van der Waals surface area contributed by atoms with Gasteiger partial charge in [-0.05, 0) is 25.0 Å². The molecule has 0 aliphatic carbocycles. The second-order valence-corrected chi connectivity index (χ2v) is 12.9. The van der Waals surface area contributed by atoms with Gasteiger partial charge in [0.2, 0.25) is 0 Å². The van der Waals surface area contributed by atoms with E-state index in [2.05, 4.69) is 6.58 Å². The lowest BCUT2D eigenvalue weighted by molar-refractivity contribution is -0.292. The minimum atomic E-state index is -1.78. The van der Waals surface area contributed by atoms with Crippen LogP contribution in [-0.2, 0) is 76.1 Å². The first kappa shape index (κ1) is 43.5. The Labute approximate surface area is 321 Å². The van der Waals surface area contributed by atoms with Gasteiger partial charge in [-0.2, -0.15) is 0 Å². The monoisotopic (exact) mass is 791 g/mol. The normalized spacial score (nSPS) is 27.4. The summed E-state index contributed by atoms with van der Waals surface area (Å²) in [5, 5.41) is 0. The molecule has 3 heterocycles. The van der Waals surface area contributed by atoms with E-state index in [1.165, 1.54) is 24.3 Å². The summed E-state index contributed by atoms with van der Waals surface area (Å²) in [5.41, 5.74) is 0.00169. The Bertz CT molecular complexity index is 1640. The molecule has 0 bridgehead atoms. The Morgan fingerprint density at radius 3 is 1.80 bits per heavy atom. The highest BCUT2D eigenvalue weighted by Gasteiger charge is 2.58. The van der Waals surface area contributed by atoms with Gasteiger partial charge in [0.1, 0.15) is 24.9 Å². The SMILES string of the molecule is C=CCCCO[C@H]1O[C@@H](C(CO[C@@H]2OC(COC(C)=O)[C@@H](OC(C)=O)C(OC(C)=O)C2N2C(=O)c3ccccc3C2=O)OC(C)=O)C(OC(C)=O)C1OC(C)=O. The highest BCUT2D eigenvalue weighted by Crippen LogP contribution is 2.37. The van der Waals surface area contributed by atoms with E-state index in [9.17, 15) is 38.4 Å². The number of ether oxygens (including phenoxy) is 10. The second kappa shape index (κ2) is 19.6. The highest BCUT2D eigenvalue weighted by atomic mass is 16.8. The van der Waals surface area contributed by atoms with Gasteiger partial charge in [-0.25, -0.2) is 0 Å². The molecule has 306 valence electrons. The predicted molar refractivity (Wildman–Crippen MR) is 184 cm³/mol. The van der Waals surface area contributed by atoms with Gasteiger partial charge in [-0.3, -0.25) is 43.3 Å². The Morgan fingerprint density at radius 2 is 1.27 bits per heavy atom. The fourth-order valence-corrected chi connectivity index (χ4v) is 6.52. The molecule has 56 heavy (non-hydrogen) atoms. The minimum absolute atomic E-state index is 0.000844. The molecule has 1 aromatic rings. The zero-order valence-electron chi connectivity index (χ0n) is 31.7. The van der Waals surface area contributed by atoms with Crippen LogP contribution in [0.4, 0.5) is 0 Å². The first-order chi connectivity index (χ1) is 26.5. The van der Waals surface area contributed by atoms with Gasteiger partial charge in [-0.15, -0.1) is 6.58 Å². The number of nitrogens with zero attached hydrogens (tertiary/aromatic N) is 1. The van der Waals surface area contributed by atoms with Crippen molar-refractivity contribution in [2.24, 2.45) is 0 Å². The maximum Gasteiger partial charge on any atom is 0.303 e. The van der Waals surface area contributed by atoms with Crippen molar-refractivity contribution in [1.82, 2.24) is 4.90 Å². The fraction of sp³-hybridized carbons (Fsp3) is 0.568. The van der Waals surface area contributed by atoms with E-state index < -0.39 is 122 Å². The maximum absolute atomic E-state index is 13.9. The Hall–Kier alpha value is -5.24. The van der Waals surface area contributed by atoms with Gasteiger partial charge < -0.3 is 47.4 Å². The Kier molecular flexibility index (Phi) is 15.2. The molecule has 0 aromatic heterocycles. The van der Waals surface area contributed by atoms with Crippen molar-refractivity contribution >= 4 is 47.6 Å². The molecular weight excluding hydrogens is 746 g/mol. The molecule has 1 aromatic carbocycles. The third-order valence-corrected chi connectivity index (χ3v) is 8.55. The molecule has 10 atom stereocenters. The van der Waals surface area contributed by atoms with Gasteiger partial charge in [0.05, 0.1) is 24.3 Å². The van der Waals surface area contributed by atoms with E-state index in [-0.39, 0.29) is 17.7 Å². The summed E-state index contributed by atoms with van der Waals surface area (Å²) < 4.78 is 57.2. The van der Waals surface area contributed by atoms with Gasteiger partial charge >= 0.3 is 35.8 Å². The zero-order valence-corrected chi connectivity index (χ0v) is 31.7. The number of hydrogen-bond acceptors (Lipinski definition) is 18. The third-order valence-electron chi connectivity index (χ3n) is 8.55. The van der Waals surface area contributed by atoms with Crippen molar-refractivity contribution in [2.45, 2.75) is 116 Å². The predicted octanol–water partition coefficient (Wildman–Crippen LogP) is 1.32. The van der Waals surface area contributed by atoms with Crippen LogP contribution in [0.5, 0.6) is 0 Å². The van der Waals surface area contributed by atoms with Gasteiger partial charge in [0.25, 0.3) is 11.8 Å². The minimum Gasteiger partial charge on any atom is -0.463 e. The van der Waals surface area contributed by atoms with E-state index in [4.69, 9.17) is 47.4 Å². The molecule has 3 aliphatic rings. The summed E-state index contributed by atoms with van der Waals surface area (Å²) in [6.45, 7) is 8.97. The summed E-state index contributed by atoms with van der Waals surface area (Å²) in [6.07, 6.45) is -10.7. The lowest BCUT2D eigenvalue weighted by atomic mass is 9.94. The molecule has 4 rings (SSSR count). The molecule has 2 amide bonds. The van der Waals surface area contributed by atoms with Crippen LogP contribution >= 0.6 is 0 Å². The van der Waals surface area contributed by atoms with Crippen molar-refractivity contribution in [2.75, 3.05) is 19.8 Å². The first-order valence-electron chi connectivity index (χ1n) is 17.6. The average molecular weight is 792 g/mol. The number of carbonyl (C=O) groups is 8. The molecular formula is C37H45NO18. The third kappa shape index (κ3) is 10.7. The van der Waals surface area contributed by atoms with Gasteiger partial charge in [0, 0.05) is 41.5 Å². The molecule has 0 spiro atoms. The largest absolute Gasteiger partial charge is 0.463 e. The summed E-state index contributed by atoms with van der Waals surface area (Å²) in [7, 11) is 0. The number of allylic oxidation sites excluding steroid dienone is 1. The summed E-state index contributed by atoms with van der Waals surface area (Å²) in [6, 6.07) is 4.18. The smallest absolute Gasteiger partial charge is 0.303 e. The van der Waals surface area contributed by atoms with Crippen molar-refractivity contribution in [1.29, 1.82) is 0 Å². The van der Waals surface area contributed by atoms with Crippen LogP contribution in [0.15, 0.2) is 36.9 Å². The van der Waals surface area contributed by atoms with Gasteiger partial charge in [-0.1, -0.05) is 18.2 Å². The number of rotatable bonds is 17. The van der Waals surface area contributed by atoms with Crippen LogP contribution in [0.2, 0.25) is 0 Å². The van der Waals surface area contributed by atoms with Crippen LogP contribution in [0, 0.1) is 0 Å². The van der Waals surface area contributed by atoms with Crippen molar-refractivity contribution in [3.63, 3.8) is 0 Å². The molecule has 19 nitrogen and oxygen atoms in total. The molecule has 2 fully saturated rings. The lowest BCUT2D eigenvalue weighted by Gasteiger charge is -2.47. The number of unbranched alkanes of at least 4 members (excludes halogenated alkanes) is 1. The van der Waals surface area contributed by atoms with Crippen LogP contribution in [0.1, 0.15) is 75.1 Å². The van der Waals surface area contributed by atoms with E-state index in [0.29, 0.717) is 12.8 Å². The highest BCUT2D eigenvalue weighted by molar-refractivity contribution is 6.21. The summed E-state index contributed by atoms with van der Waals surface area (Å²) in [5.74, 6) is -6.67. The summed E-state index contributed by atoms with van der Waals surface area (Å²) >= 11 is 0. The van der Waals surface area contributed by atoms with Crippen molar-refractivity contribution in [3.8, 4) is 0 Å². The Morgan fingerprint density at radius 1 is 0.714 bits per heavy atom. The topological polar surface area (TPSA) is 232 Å². The van der Waals surface area contributed by atoms with E-state index >= 15 is 0 Å². The number of esters is 6. The Balaban J connectivity index is 1.78. The quantitative estimate of drug-likeness (QED) is 0.0712.